The number of amides is 2. The second kappa shape index (κ2) is 14.9. The lowest BCUT2D eigenvalue weighted by Gasteiger charge is -2.38. The highest BCUT2D eigenvalue weighted by Gasteiger charge is 2.32. The predicted molar refractivity (Wildman–Crippen MR) is 187 cm³/mol. The molecule has 0 radical (unpaired) electrons. The van der Waals surface area contributed by atoms with Crippen LogP contribution < -0.4 is 39.9 Å². The monoisotopic (exact) mass is 658 g/mol. The molecule has 3 aromatic rings. The number of benzene rings is 2. The van der Waals surface area contributed by atoms with Crippen molar-refractivity contribution < 1.29 is 28.5 Å². The Balaban J connectivity index is 1.49. The summed E-state index contributed by atoms with van der Waals surface area (Å²) in [5.41, 5.74) is 4.11. The van der Waals surface area contributed by atoms with Crippen molar-refractivity contribution >= 4 is 23.2 Å². The number of piperazine rings is 1. The molecule has 0 aromatic heterocycles. The summed E-state index contributed by atoms with van der Waals surface area (Å²) in [7, 11) is 6.35. The number of para-hydroxylation sites is 2. The van der Waals surface area contributed by atoms with Gasteiger partial charge in [0.2, 0.25) is 23.0 Å². The number of methoxy groups -OCH3 is 4. The van der Waals surface area contributed by atoms with Crippen molar-refractivity contribution in [3.8, 4) is 34.1 Å². The zero-order chi connectivity index (χ0) is 34.5. The highest BCUT2D eigenvalue weighted by atomic mass is 16.5. The van der Waals surface area contributed by atoms with E-state index in [-0.39, 0.29) is 23.2 Å². The molecule has 2 N–H and O–H groups in total. The zero-order valence-corrected chi connectivity index (χ0v) is 28.8. The van der Waals surface area contributed by atoms with Gasteiger partial charge in [-0.15, -0.1) is 0 Å². The number of carbonyl (C=O) groups is 2. The number of hydrogen-bond donors (Lipinski definition) is 2. The highest BCUT2D eigenvalue weighted by molar-refractivity contribution is 5.86. The van der Waals surface area contributed by atoms with Gasteiger partial charge in [-0.1, -0.05) is 32.0 Å². The summed E-state index contributed by atoms with van der Waals surface area (Å²) in [6, 6.07) is 13.9. The fourth-order valence-electron chi connectivity index (χ4n) is 6.76. The van der Waals surface area contributed by atoms with Crippen molar-refractivity contribution in [3.05, 3.63) is 69.9 Å². The van der Waals surface area contributed by atoms with E-state index in [1.54, 1.807) is 40.6 Å². The standard InChI is InChI=1S/C37H46N4O7/c1-22(2)34(37(44)41-18-16-40(17-19-41)29-10-8-9-11-31(29)45-4)39-28-15-13-25-26(21-30(28)43)27(38-23(3)42)14-12-24-20-32(46-5)35(47-6)36(48-7)33(24)25/h8-11,13,15,20-22,27,34H,12,14,16-19H2,1-7H3,(H,38,42)(H,39,43)/t27-,34-/m0/s1. The van der Waals surface area contributed by atoms with E-state index in [1.807, 2.05) is 55.1 Å². The Kier molecular flexibility index (Phi) is 10.7. The minimum Gasteiger partial charge on any atom is -0.495 e. The first-order chi connectivity index (χ1) is 23.1. The molecule has 1 saturated heterocycles. The summed E-state index contributed by atoms with van der Waals surface area (Å²) in [5.74, 6) is 1.89. The van der Waals surface area contributed by atoms with Gasteiger partial charge in [0.15, 0.2) is 11.5 Å². The van der Waals surface area contributed by atoms with E-state index in [0.717, 1.165) is 28.1 Å². The van der Waals surface area contributed by atoms with E-state index in [4.69, 9.17) is 18.9 Å². The largest absolute Gasteiger partial charge is 0.495 e. The maximum absolute atomic E-state index is 14.0. The molecule has 0 saturated carbocycles. The Morgan fingerprint density at radius 1 is 0.854 bits per heavy atom. The normalized spacial score (nSPS) is 16.2. The molecule has 2 amide bonds. The fourth-order valence-corrected chi connectivity index (χ4v) is 6.76. The molecule has 2 aliphatic rings. The van der Waals surface area contributed by atoms with Crippen molar-refractivity contribution in [3.63, 3.8) is 0 Å². The average Bonchev–Trinajstić information content (AvgIpc) is 3.33. The van der Waals surface area contributed by atoms with Gasteiger partial charge in [-0.3, -0.25) is 14.4 Å². The van der Waals surface area contributed by atoms with Crippen LogP contribution in [0.5, 0.6) is 23.0 Å². The molecule has 0 spiro atoms. The summed E-state index contributed by atoms with van der Waals surface area (Å²) < 4.78 is 22.8. The van der Waals surface area contributed by atoms with Crippen LogP contribution in [0.2, 0.25) is 0 Å². The van der Waals surface area contributed by atoms with E-state index in [2.05, 4.69) is 15.5 Å². The quantitative estimate of drug-likeness (QED) is 0.321. The Morgan fingerprint density at radius 3 is 2.17 bits per heavy atom. The molecule has 5 rings (SSSR count). The van der Waals surface area contributed by atoms with Gasteiger partial charge in [-0.2, -0.15) is 0 Å². The number of rotatable bonds is 10. The number of aryl methyl sites for hydroxylation is 1. The summed E-state index contributed by atoms with van der Waals surface area (Å²) in [4.78, 5) is 44.3. The number of fused-ring (bicyclic) bond motifs is 3. The topological polar surface area (TPSA) is 119 Å². The molecule has 1 heterocycles. The first kappa shape index (κ1) is 34.4. The molecule has 48 heavy (non-hydrogen) atoms. The molecular formula is C37H46N4O7. The second-order valence-corrected chi connectivity index (χ2v) is 12.4. The molecule has 1 aliphatic carbocycles. The molecule has 11 heteroatoms. The van der Waals surface area contributed by atoms with Crippen LogP contribution in [0.15, 0.2) is 53.3 Å². The van der Waals surface area contributed by atoms with Crippen LogP contribution in [0.25, 0.3) is 11.1 Å². The Hall–Kier alpha value is -4.93. The third-order valence-electron chi connectivity index (χ3n) is 9.18. The van der Waals surface area contributed by atoms with Crippen LogP contribution in [0.3, 0.4) is 0 Å². The summed E-state index contributed by atoms with van der Waals surface area (Å²) in [5, 5.41) is 6.35. The van der Waals surface area contributed by atoms with E-state index in [9.17, 15) is 14.4 Å². The number of nitrogens with zero attached hydrogens (tertiary/aromatic N) is 2. The van der Waals surface area contributed by atoms with Crippen molar-refractivity contribution in [1.82, 2.24) is 10.2 Å². The zero-order valence-electron chi connectivity index (χ0n) is 28.8. The van der Waals surface area contributed by atoms with Gasteiger partial charge in [-0.25, -0.2) is 0 Å². The predicted octanol–water partition coefficient (Wildman–Crippen LogP) is 4.66. The number of carbonyl (C=O) groups excluding carboxylic acids is 2. The van der Waals surface area contributed by atoms with Gasteiger partial charge >= 0.3 is 0 Å². The third-order valence-corrected chi connectivity index (χ3v) is 9.18. The minimum absolute atomic E-state index is 0.0582. The van der Waals surface area contributed by atoms with Gasteiger partial charge in [0.05, 0.1) is 45.9 Å². The summed E-state index contributed by atoms with van der Waals surface area (Å²) in [6.07, 6.45) is 1.15. The maximum Gasteiger partial charge on any atom is 0.245 e. The molecule has 11 nitrogen and oxygen atoms in total. The number of anilines is 2. The Morgan fingerprint density at radius 2 is 1.54 bits per heavy atom. The van der Waals surface area contributed by atoms with Gasteiger partial charge in [0, 0.05) is 38.7 Å². The van der Waals surface area contributed by atoms with Gasteiger partial charge < -0.3 is 39.4 Å². The fraction of sp³-hybridized carbons (Fsp3) is 0.432. The molecular weight excluding hydrogens is 612 g/mol. The number of nitrogens with one attached hydrogen (secondary N) is 2. The Labute approximate surface area is 282 Å². The highest BCUT2D eigenvalue weighted by Crippen LogP contribution is 2.50. The van der Waals surface area contributed by atoms with Crippen LogP contribution in [-0.2, 0) is 16.0 Å². The van der Waals surface area contributed by atoms with Gasteiger partial charge in [0.25, 0.3) is 0 Å². The molecule has 1 aliphatic heterocycles. The van der Waals surface area contributed by atoms with Gasteiger partial charge in [0.1, 0.15) is 11.8 Å². The van der Waals surface area contributed by atoms with E-state index >= 15 is 0 Å². The van der Waals surface area contributed by atoms with Crippen LogP contribution >= 0.6 is 0 Å². The van der Waals surface area contributed by atoms with E-state index < -0.39 is 12.1 Å². The molecule has 0 unspecified atom stereocenters. The molecule has 3 aromatic carbocycles. The van der Waals surface area contributed by atoms with Crippen molar-refractivity contribution in [2.75, 3.05) is 64.8 Å². The van der Waals surface area contributed by atoms with Gasteiger partial charge in [-0.05, 0) is 65.8 Å². The first-order valence-corrected chi connectivity index (χ1v) is 16.3. The first-order valence-electron chi connectivity index (χ1n) is 16.3. The van der Waals surface area contributed by atoms with Crippen molar-refractivity contribution in [2.24, 2.45) is 5.92 Å². The van der Waals surface area contributed by atoms with Crippen LogP contribution in [0, 0.1) is 5.92 Å². The van der Waals surface area contributed by atoms with Crippen LogP contribution in [0.4, 0.5) is 11.4 Å². The van der Waals surface area contributed by atoms with E-state index in [0.29, 0.717) is 67.5 Å². The van der Waals surface area contributed by atoms with Crippen LogP contribution in [-0.4, -0.2) is 77.4 Å². The lowest BCUT2D eigenvalue weighted by molar-refractivity contribution is -0.133. The summed E-state index contributed by atoms with van der Waals surface area (Å²) in [6.45, 7) is 7.82. The lowest BCUT2D eigenvalue weighted by Crippen LogP contribution is -2.54. The smallest absolute Gasteiger partial charge is 0.245 e. The summed E-state index contributed by atoms with van der Waals surface area (Å²) >= 11 is 0. The van der Waals surface area contributed by atoms with Crippen LogP contribution in [0.1, 0.15) is 44.4 Å². The van der Waals surface area contributed by atoms with Crippen molar-refractivity contribution in [2.45, 2.75) is 45.7 Å². The molecule has 0 bridgehead atoms. The second-order valence-electron chi connectivity index (χ2n) is 12.4. The SMILES string of the molecule is COc1ccccc1N1CCN(C(=O)[C@@H](Nc2ccc3c(cc2=O)[C@@H](NC(C)=O)CCc2cc(OC)c(OC)c(OC)c2-3)C(C)C)CC1. The maximum atomic E-state index is 14.0. The molecule has 2 atom stereocenters. The minimum atomic E-state index is -0.630. The molecule has 1 fully saturated rings. The average molecular weight is 659 g/mol. The Bertz CT molecular complexity index is 1720. The number of hydrogen-bond acceptors (Lipinski definition) is 9. The molecule has 256 valence electrons. The lowest BCUT2D eigenvalue weighted by atomic mass is 9.95. The number of ether oxygens (including phenoxy) is 4. The third kappa shape index (κ3) is 6.86. The van der Waals surface area contributed by atoms with E-state index in [1.165, 1.54) is 6.92 Å². The van der Waals surface area contributed by atoms with Crippen molar-refractivity contribution in [1.29, 1.82) is 0 Å².